The summed E-state index contributed by atoms with van der Waals surface area (Å²) in [5.74, 6) is 0. The quantitative estimate of drug-likeness (QED) is 0.850. The van der Waals surface area contributed by atoms with Crippen molar-refractivity contribution in [3.8, 4) is 0 Å². The van der Waals surface area contributed by atoms with Gasteiger partial charge in [-0.3, -0.25) is 0 Å². The highest BCUT2D eigenvalue weighted by Crippen LogP contribution is 2.20. The first-order valence-electron chi connectivity index (χ1n) is 5.48. The Balaban J connectivity index is 2.32. The second-order valence-corrected chi connectivity index (χ2v) is 4.38. The van der Waals surface area contributed by atoms with Gasteiger partial charge in [-0.25, -0.2) is 0 Å². The van der Waals surface area contributed by atoms with Crippen molar-refractivity contribution < 1.29 is 5.11 Å². The fourth-order valence-electron chi connectivity index (χ4n) is 1.87. The van der Waals surface area contributed by atoms with Crippen LogP contribution in [0.25, 0.3) is 10.8 Å². The Labute approximate surface area is 96.1 Å². The Morgan fingerprint density at radius 2 is 1.75 bits per heavy atom. The van der Waals surface area contributed by atoms with Crippen LogP contribution >= 0.6 is 0 Å². The highest BCUT2D eigenvalue weighted by Gasteiger charge is 2.08. The van der Waals surface area contributed by atoms with Crippen LogP contribution < -0.4 is 0 Å². The summed E-state index contributed by atoms with van der Waals surface area (Å²) in [4.78, 5) is 1.99. The van der Waals surface area contributed by atoms with Crippen molar-refractivity contribution in [3.63, 3.8) is 0 Å². The van der Waals surface area contributed by atoms with E-state index >= 15 is 0 Å². The average Bonchev–Trinajstić information content (AvgIpc) is 2.27. The van der Waals surface area contributed by atoms with E-state index < -0.39 is 6.10 Å². The SMILES string of the molecule is CN(C)CC(O)c1ccc2ccccc2c1. The molecule has 2 aromatic rings. The smallest absolute Gasteiger partial charge is 0.0916 e. The van der Waals surface area contributed by atoms with E-state index in [9.17, 15) is 5.11 Å². The number of rotatable bonds is 3. The summed E-state index contributed by atoms with van der Waals surface area (Å²) in [6.45, 7) is 0.651. The monoisotopic (exact) mass is 215 g/mol. The number of fused-ring (bicyclic) bond motifs is 1. The van der Waals surface area contributed by atoms with E-state index in [1.807, 2.05) is 37.2 Å². The van der Waals surface area contributed by atoms with Gasteiger partial charge in [-0.05, 0) is 36.5 Å². The van der Waals surface area contributed by atoms with Gasteiger partial charge >= 0.3 is 0 Å². The summed E-state index contributed by atoms with van der Waals surface area (Å²) in [5.41, 5.74) is 0.979. The number of nitrogens with zero attached hydrogens (tertiary/aromatic N) is 1. The zero-order chi connectivity index (χ0) is 11.5. The van der Waals surface area contributed by atoms with Gasteiger partial charge in [-0.2, -0.15) is 0 Å². The van der Waals surface area contributed by atoms with E-state index in [0.29, 0.717) is 6.54 Å². The summed E-state index contributed by atoms with van der Waals surface area (Å²) < 4.78 is 0. The summed E-state index contributed by atoms with van der Waals surface area (Å²) in [6, 6.07) is 14.3. The molecule has 0 spiro atoms. The third-order valence-corrected chi connectivity index (χ3v) is 2.70. The Kier molecular flexibility index (Phi) is 3.22. The largest absolute Gasteiger partial charge is 0.387 e. The number of aliphatic hydroxyl groups is 1. The molecule has 0 aliphatic rings. The summed E-state index contributed by atoms with van der Waals surface area (Å²) >= 11 is 0. The molecular formula is C14H17NO. The second-order valence-electron chi connectivity index (χ2n) is 4.38. The molecule has 0 heterocycles. The number of hydrogen-bond donors (Lipinski definition) is 1. The van der Waals surface area contributed by atoms with Crippen LogP contribution in [0.15, 0.2) is 42.5 Å². The van der Waals surface area contributed by atoms with E-state index in [2.05, 4.69) is 24.3 Å². The van der Waals surface area contributed by atoms with Gasteiger partial charge in [0, 0.05) is 6.54 Å². The Bertz CT molecular complexity index is 479. The van der Waals surface area contributed by atoms with Crippen LogP contribution in [0, 0.1) is 0 Å². The van der Waals surface area contributed by atoms with Crippen molar-refractivity contribution in [2.75, 3.05) is 20.6 Å². The van der Waals surface area contributed by atoms with Crippen LogP contribution in [0.1, 0.15) is 11.7 Å². The molecule has 0 aliphatic carbocycles. The van der Waals surface area contributed by atoms with Crippen LogP contribution in [0.3, 0.4) is 0 Å². The van der Waals surface area contributed by atoms with E-state index in [4.69, 9.17) is 0 Å². The van der Waals surface area contributed by atoms with Crippen molar-refractivity contribution in [1.29, 1.82) is 0 Å². The molecule has 0 aliphatic heterocycles. The third-order valence-electron chi connectivity index (χ3n) is 2.70. The molecule has 0 fully saturated rings. The zero-order valence-corrected chi connectivity index (χ0v) is 9.72. The maximum atomic E-state index is 10.0. The van der Waals surface area contributed by atoms with Gasteiger partial charge in [0.15, 0.2) is 0 Å². The highest BCUT2D eigenvalue weighted by molar-refractivity contribution is 5.83. The Hall–Kier alpha value is -1.38. The van der Waals surface area contributed by atoms with Crippen LogP contribution in [0.2, 0.25) is 0 Å². The highest BCUT2D eigenvalue weighted by atomic mass is 16.3. The van der Waals surface area contributed by atoms with Gasteiger partial charge < -0.3 is 10.0 Å². The van der Waals surface area contributed by atoms with Gasteiger partial charge in [0.05, 0.1) is 6.10 Å². The lowest BCUT2D eigenvalue weighted by Gasteiger charge is -2.16. The number of benzene rings is 2. The van der Waals surface area contributed by atoms with Crippen molar-refractivity contribution in [2.45, 2.75) is 6.10 Å². The van der Waals surface area contributed by atoms with Crippen LogP contribution in [0.4, 0.5) is 0 Å². The fraction of sp³-hybridized carbons (Fsp3) is 0.286. The summed E-state index contributed by atoms with van der Waals surface area (Å²) in [6.07, 6.45) is -0.417. The predicted molar refractivity (Wildman–Crippen MR) is 67.5 cm³/mol. The van der Waals surface area contributed by atoms with Crippen molar-refractivity contribution in [1.82, 2.24) is 4.90 Å². The fourth-order valence-corrected chi connectivity index (χ4v) is 1.87. The van der Waals surface area contributed by atoms with Crippen LogP contribution in [0.5, 0.6) is 0 Å². The zero-order valence-electron chi connectivity index (χ0n) is 9.72. The first kappa shape index (κ1) is 11.1. The van der Waals surface area contributed by atoms with Crippen LogP contribution in [-0.2, 0) is 0 Å². The molecule has 2 heteroatoms. The minimum absolute atomic E-state index is 0.417. The van der Waals surface area contributed by atoms with E-state index in [1.165, 1.54) is 10.8 Å². The van der Waals surface area contributed by atoms with Crippen molar-refractivity contribution in [2.24, 2.45) is 0 Å². The lowest BCUT2D eigenvalue weighted by molar-refractivity contribution is 0.138. The van der Waals surface area contributed by atoms with E-state index in [-0.39, 0.29) is 0 Å². The van der Waals surface area contributed by atoms with Gasteiger partial charge in [0.25, 0.3) is 0 Å². The molecule has 0 radical (unpaired) electrons. The molecule has 0 saturated carbocycles. The van der Waals surface area contributed by atoms with E-state index in [1.54, 1.807) is 0 Å². The predicted octanol–water partition coefficient (Wildman–Crippen LogP) is 2.43. The molecule has 84 valence electrons. The molecule has 2 aromatic carbocycles. The molecule has 1 atom stereocenters. The second kappa shape index (κ2) is 4.64. The maximum Gasteiger partial charge on any atom is 0.0916 e. The van der Waals surface area contributed by atoms with Gasteiger partial charge in [0.1, 0.15) is 0 Å². The molecule has 1 unspecified atom stereocenters. The maximum absolute atomic E-state index is 10.0. The number of aliphatic hydroxyl groups excluding tert-OH is 1. The molecule has 0 amide bonds. The molecule has 0 saturated heterocycles. The first-order chi connectivity index (χ1) is 7.66. The van der Waals surface area contributed by atoms with Crippen molar-refractivity contribution in [3.05, 3.63) is 48.0 Å². The first-order valence-corrected chi connectivity index (χ1v) is 5.48. The Morgan fingerprint density at radius 1 is 1.06 bits per heavy atom. The van der Waals surface area contributed by atoms with E-state index in [0.717, 1.165) is 5.56 Å². The summed E-state index contributed by atoms with van der Waals surface area (Å²) in [5, 5.41) is 12.4. The molecule has 1 N–H and O–H groups in total. The molecule has 2 nitrogen and oxygen atoms in total. The average molecular weight is 215 g/mol. The third kappa shape index (κ3) is 2.40. The van der Waals surface area contributed by atoms with Crippen LogP contribution in [-0.4, -0.2) is 30.6 Å². The molecule has 2 rings (SSSR count). The minimum atomic E-state index is -0.417. The molecule has 0 aromatic heterocycles. The standard InChI is InChI=1S/C14H17NO/c1-15(2)10-14(16)13-8-7-11-5-3-4-6-12(11)9-13/h3-9,14,16H,10H2,1-2H3. The normalized spacial score (nSPS) is 13.2. The van der Waals surface area contributed by atoms with Gasteiger partial charge in [-0.1, -0.05) is 36.4 Å². The molecule has 16 heavy (non-hydrogen) atoms. The lowest BCUT2D eigenvalue weighted by atomic mass is 10.0. The Morgan fingerprint density at radius 3 is 2.44 bits per heavy atom. The summed E-state index contributed by atoms with van der Waals surface area (Å²) in [7, 11) is 3.93. The molecule has 0 bridgehead atoms. The van der Waals surface area contributed by atoms with Gasteiger partial charge in [0.2, 0.25) is 0 Å². The number of hydrogen-bond acceptors (Lipinski definition) is 2. The molecular weight excluding hydrogens is 198 g/mol. The minimum Gasteiger partial charge on any atom is -0.387 e. The van der Waals surface area contributed by atoms with Gasteiger partial charge in [-0.15, -0.1) is 0 Å². The topological polar surface area (TPSA) is 23.5 Å². The lowest BCUT2D eigenvalue weighted by Crippen LogP contribution is -2.19. The van der Waals surface area contributed by atoms with Crippen molar-refractivity contribution >= 4 is 10.8 Å². The number of likely N-dealkylation sites (N-methyl/N-ethyl adjacent to an activating group) is 1.